The van der Waals surface area contributed by atoms with Crippen LogP contribution in [-0.2, 0) is 6.54 Å². The summed E-state index contributed by atoms with van der Waals surface area (Å²) in [5.41, 5.74) is 15.0. The number of piperidine rings is 1. The van der Waals surface area contributed by atoms with Gasteiger partial charge in [0.25, 0.3) is 0 Å². The molecule has 3 aromatic carbocycles. The molecule has 38 heavy (non-hydrogen) atoms. The minimum atomic E-state index is 0.463. The van der Waals surface area contributed by atoms with Crippen LogP contribution >= 0.6 is 0 Å². The summed E-state index contributed by atoms with van der Waals surface area (Å²) >= 11 is 0. The highest BCUT2D eigenvalue weighted by Gasteiger charge is 2.19. The van der Waals surface area contributed by atoms with Crippen molar-refractivity contribution in [2.45, 2.75) is 25.3 Å². The largest absolute Gasteiger partial charge is 0.382 e. The lowest BCUT2D eigenvalue weighted by Crippen LogP contribution is -2.26. The van der Waals surface area contributed by atoms with Gasteiger partial charge in [-0.05, 0) is 66.7 Å². The van der Waals surface area contributed by atoms with Crippen LogP contribution in [0, 0.1) is 0 Å². The Morgan fingerprint density at radius 1 is 0.895 bits per heavy atom. The van der Waals surface area contributed by atoms with Crippen molar-refractivity contribution in [3.8, 4) is 22.4 Å². The zero-order valence-corrected chi connectivity index (χ0v) is 21.1. The lowest BCUT2D eigenvalue weighted by atomic mass is 9.89. The van der Waals surface area contributed by atoms with Crippen LogP contribution in [0.15, 0.2) is 91.4 Å². The summed E-state index contributed by atoms with van der Waals surface area (Å²) in [4.78, 5) is 4.32. The van der Waals surface area contributed by atoms with E-state index in [1.54, 1.807) is 0 Å². The van der Waals surface area contributed by atoms with E-state index in [2.05, 4.69) is 94.4 Å². The second kappa shape index (κ2) is 9.43. The molecular weight excluding hydrogens is 470 g/mol. The van der Waals surface area contributed by atoms with Gasteiger partial charge in [0.2, 0.25) is 0 Å². The zero-order chi connectivity index (χ0) is 25.5. The lowest BCUT2D eigenvalue weighted by Gasteiger charge is -2.23. The van der Waals surface area contributed by atoms with Crippen LogP contribution in [-0.4, -0.2) is 37.5 Å². The smallest absolute Gasteiger partial charge is 0.152 e. The van der Waals surface area contributed by atoms with Gasteiger partial charge in [0.05, 0.1) is 17.8 Å². The molecule has 4 heterocycles. The summed E-state index contributed by atoms with van der Waals surface area (Å²) < 4.78 is 3.92. The Kier molecular flexibility index (Phi) is 5.63. The molecule has 1 aliphatic rings. The highest BCUT2D eigenvalue weighted by Crippen LogP contribution is 2.37. The van der Waals surface area contributed by atoms with Gasteiger partial charge in [0.1, 0.15) is 11.8 Å². The maximum absolute atomic E-state index is 6.44. The second-order valence-corrected chi connectivity index (χ2v) is 10.1. The number of nitrogens with zero attached hydrogens (tertiary/aromatic N) is 5. The average Bonchev–Trinajstić information content (AvgIpc) is 3.56. The molecule has 7 heteroatoms. The van der Waals surface area contributed by atoms with E-state index in [1.807, 2.05) is 15.3 Å². The quantitative estimate of drug-likeness (QED) is 0.327. The molecule has 7 rings (SSSR count). The summed E-state index contributed by atoms with van der Waals surface area (Å²) in [6.07, 6.45) is 5.95. The first-order valence-electron chi connectivity index (χ1n) is 13.2. The maximum Gasteiger partial charge on any atom is 0.152 e. The molecule has 1 aliphatic heterocycles. The van der Waals surface area contributed by atoms with Crippen molar-refractivity contribution in [2.24, 2.45) is 0 Å². The van der Waals surface area contributed by atoms with E-state index in [9.17, 15) is 0 Å². The summed E-state index contributed by atoms with van der Waals surface area (Å²) in [6.45, 7) is 2.87. The Hall–Kier alpha value is -4.49. The van der Waals surface area contributed by atoms with Crippen LogP contribution in [0.4, 0.5) is 5.82 Å². The van der Waals surface area contributed by atoms with Gasteiger partial charge >= 0.3 is 0 Å². The van der Waals surface area contributed by atoms with Gasteiger partial charge in [-0.1, -0.05) is 60.7 Å². The predicted octanol–water partition coefficient (Wildman–Crippen LogP) is 5.51. The fourth-order valence-electron chi connectivity index (χ4n) is 5.69. The number of nitrogens with one attached hydrogen (secondary N) is 1. The minimum Gasteiger partial charge on any atom is -0.382 e. The normalized spacial score (nSPS) is 14.4. The molecular formula is C31H29N7. The van der Waals surface area contributed by atoms with Crippen molar-refractivity contribution >= 4 is 22.2 Å². The van der Waals surface area contributed by atoms with Gasteiger partial charge in [-0.3, -0.25) is 4.68 Å². The molecule has 7 nitrogen and oxygen atoms in total. The molecule has 1 saturated heterocycles. The molecule has 0 aliphatic carbocycles. The van der Waals surface area contributed by atoms with E-state index >= 15 is 0 Å². The Balaban J connectivity index is 1.30. The number of rotatable bonds is 5. The minimum absolute atomic E-state index is 0.463. The molecule has 6 aromatic rings. The summed E-state index contributed by atoms with van der Waals surface area (Å²) in [6, 6.07) is 27.8. The summed E-state index contributed by atoms with van der Waals surface area (Å²) in [7, 11) is 0. The van der Waals surface area contributed by atoms with E-state index in [1.165, 1.54) is 17.5 Å². The van der Waals surface area contributed by atoms with Gasteiger partial charge in [-0.25, -0.2) is 9.50 Å². The first kappa shape index (κ1) is 22.7. The molecule has 3 N–H and O–H groups in total. The van der Waals surface area contributed by atoms with E-state index in [0.29, 0.717) is 11.7 Å². The molecule has 1 fully saturated rings. The van der Waals surface area contributed by atoms with E-state index < -0.39 is 0 Å². The second-order valence-electron chi connectivity index (χ2n) is 10.1. The van der Waals surface area contributed by atoms with Gasteiger partial charge < -0.3 is 11.1 Å². The predicted molar refractivity (Wildman–Crippen MR) is 152 cm³/mol. The first-order chi connectivity index (χ1) is 18.7. The van der Waals surface area contributed by atoms with E-state index in [4.69, 9.17) is 10.8 Å². The molecule has 0 radical (unpaired) electrons. The standard InChI is InChI=1S/C31H29N7/c32-31-30-27(24-9-10-26-19-37(36-28(26)16-24)18-21-5-2-1-3-6-21)17-29(38(30)35-20-34-31)25-8-4-7-23(15-25)22-11-13-33-14-12-22/h1-10,15-17,19-20,22,33H,11-14,18H2,(H2,32,34,35). The zero-order valence-electron chi connectivity index (χ0n) is 21.1. The third kappa shape index (κ3) is 4.11. The number of nitrogens with two attached hydrogens (primary N) is 1. The fraction of sp³-hybridized carbons (Fsp3) is 0.194. The van der Waals surface area contributed by atoms with E-state index in [0.717, 1.165) is 71.3 Å². The maximum atomic E-state index is 6.44. The number of benzene rings is 3. The topological polar surface area (TPSA) is 86.1 Å². The lowest BCUT2D eigenvalue weighted by molar-refractivity contribution is 0.460. The van der Waals surface area contributed by atoms with Crippen LogP contribution in [0.5, 0.6) is 0 Å². The molecule has 188 valence electrons. The Labute approximate surface area is 220 Å². The highest BCUT2D eigenvalue weighted by atomic mass is 15.3. The third-order valence-electron chi connectivity index (χ3n) is 7.63. The van der Waals surface area contributed by atoms with Crippen LogP contribution in [0.3, 0.4) is 0 Å². The van der Waals surface area contributed by atoms with Gasteiger partial charge in [0, 0.05) is 22.7 Å². The molecule has 0 amide bonds. The van der Waals surface area contributed by atoms with Crippen molar-refractivity contribution in [2.75, 3.05) is 18.8 Å². The number of hydrogen-bond acceptors (Lipinski definition) is 5. The number of anilines is 1. The average molecular weight is 500 g/mol. The van der Waals surface area contributed by atoms with Crippen molar-refractivity contribution in [3.05, 3.63) is 103 Å². The van der Waals surface area contributed by atoms with Gasteiger partial charge in [-0.15, -0.1) is 0 Å². The molecule has 0 bridgehead atoms. The first-order valence-corrected chi connectivity index (χ1v) is 13.2. The fourth-order valence-corrected chi connectivity index (χ4v) is 5.69. The Morgan fingerprint density at radius 3 is 2.63 bits per heavy atom. The summed E-state index contributed by atoms with van der Waals surface area (Å²) in [5.74, 6) is 1.04. The number of nitrogen functional groups attached to an aromatic ring is 1. The van der Waals surface area contributed by atoms with Crippen molar-refractivity contribution in [3.63, 3.8) is 0 Å². The van der Waals surface area contributed by atoms with Crippen LogP contribution < -0.4 is 11.1 Å². The third-order valence-corrected chi connectivity index (χ3v) is 7.63. The Morgan fingerprint density at radius 2 is 1.76 bits per heavy atom. The Bertz CT molecular complexity index is 1740. The molecule has 0 saturated carbocycles. The molecule has 0 unspecified atom stereocenters. The SMILES string of the molecule is Nc1ncnn2c(-c3cccc(C4CCNCC4)c3)cc(-c3ccc4cn(Cc5ccccc5)nc4c3)c12. The molecule has 0 spiro atoms. The van der Waals surface area contributed by atoms with Crippen molar-refractivity contribution < 1.29 is 0 Å². The monoisotopic (exact) mass is 499 g/mol. The highest BCUT2D eigenvalue weighted by molar-refractivity contribution is 5.95. The molecule has 0 atom stereocenters. The van der Waals surface area contributed by atoms with Crippen molar-refractivity contribution in [1.82, 2.24) is 29.7 Å². The van der Waals surface area contributed by atoms with Crippen LogP contribution in [0.1, 0.15) is 29.9 Å². The van der Waals surface area contributed by atoms with Crippen molar-refractivity contribution in [1.29, 1.82) is 0 Å². The number of aromatic nitrogens is 5. The van der Waals surface area contributed by atoms with Gasteiger partial charge in [0.15, 0.2) is 5.82 Å². The number of fused-ring (bicyclic) bond motifs is 2. The van der Waals surface area contributed by atoms with E-state index in [-0.39, 0.29) is 0 Å². The van der Waals surface area contributed by atoms with Gasteiger partial charge in [-0.2, -0.15) is 10.2 Å². The summed E-state index contributed by atoms with van der Waals surface area (Å²) in [5, 5.41) is 14.1. The van der Waals surface area contributed by atoms with Crippen LogP contribution in [0.25, 0.3) is 38.8 Å². The number of hydrogen-bond donors (Lipinski definition) is 2. The molecule has 3 aromatic heterocycles. The van der Waals surface area contributed by atoms with Crippen LogP contribution in [0.2, 0.25) is 0 Å².